The molecule has 0 spiro atoms. The lowest BCUT2D eigenvalue weighted by Crippen LogP contribution is -2.19. The van der Waals surface area contributed by atoms with Gasteiger partial charge in [0.15, 0.2) is 0 Å². The molecule has 17 heavy (non-hydrogen) atoms. The highest BCUT2D eigenvalue weighted by molar-refractivity contribution is 5.35. The van der Waals surface area contributed by atoms with Crippen LogP contribution in [0, 0.1) is 5.92 Å². The number of benzene rings is 1. The Bertz CT molecular complexity index is 366. The zero-order chi connectivity index (χ0) is 12.5. The highest BCUT2D eigenvalue weighted by Gasteiger charge is 2.50. The molecule has 94 valence electrons. The first-order valence-corrected chi connectivity index (χ1v) is 6.89. The van der Waals surface area contributed by atoms with Crippen LogP contribution in [0.1, 0.15) is 51.2 Å². The molecule has 1 heteroatoms. The molecule has 1 nitrogen and oxygen atoms in total. The van der Waals surface area contributed by atoms with Gasteiger partial charge in [0.1, 0.15) is 0 Å². The topological polar surface area (TPSA) is 12.0 Å². The molecule has 0 radical (unpaired) electrons. The lowest BCUT2D eigenvalue weighted by atomic mass is 9.92. The van der Waals surface area contributed by atoms with Crippen molar-refractivity contribution in [2.24, 2.45) is 5.92 Å². The molecule has 1 aliphatic rings. The van der Waals surface area contributed by atoms with E-state index in [4.69, 9.17) is 0 Å². The van der Waals surface area contributed by atoms with E-state index in [1.807, 2.05) is 0 Å². The third-order valence-corrected chi connectivity index (χ3v) is 4.29. The minimum Gasteiger partial charge on any atom is -0.317 e. The molecule has 1 aliphatic carbocycles. The Balaban J connectivity index is 2.03. The van der Waals surface area contributed by atoms with Crippen molar-refractivity contribution in [1.29, 1.82) is 0 Å². The average Bonchev–Trinajstić information content (AvgIpc) is 2.99. The second kappa shape index (κ2) is 4.81. The smallest absolute Gasteiger partial charge is 0.00119 e. The van der Waals surface area contributed by atoms with Crippen LogP contribution in [-0.2, 0) is 5.41 Å². The summed E-state index contributed by atoms with van der Waals surface area (Å²) in [6, 6.07) is 9.27. The molecule has 2 atom stereocenters. The van der Waals surface area contributed by atoms with Crippen molar-refractivity contribution in [1.82, 2.24) is 5.32 Å². The molecule has 1 fully saturated rings. The average molecular weight is 231 g/mol. The number of hydrogen-bond donors (Lipinski definition) is 1. The molecule has 0 bridgehead atoms. The molecule has 0 amide bonds. The summed E-state index contributed by atoms with van der Waals surface area (Å²) >= 11 is 0. The first-order chi connectivity index (χ1) is 8.08. The van der Waals surface area contributed by atoms with Gasteiger partial charge in [0.2, 0.25) is 0 Å². The normalized spacial score (nSPS) is 27.5. The van der Waals surface area contributed by atoms with Crippen LogP contribution >= 0.6 is 0 Å². The Morgan fingerprint density at radius 2 is 1.94 bits per heavy atom. The van der Waals surface area contributed by atoms with E-state index in [0.717, 1.165) is 12.5 Å². The van der Waals surface area contributed by atoms with Crippen LogP contribution in [0.3, 0.4) is 0 Å². The lowest BCUT2D eigenvalue weighted by Gasteiger charge is -2.14. The SMILES string of the molecule is CCNCC1CC1(C)c1ccc(C(C)C)cc1. The van der Waals surface area contributed by atoms with Crippen LogP contribution in [0.2, 0.25) is 0 Å². The van der Waals surface area contributed by atoms with Crippen molar-refractivity contribution in [2.75, 3.05) is 13.1 Å². The van der Waals surface area contributed by atoms with Gasteiger partial charge < -0.3 is 5.32 Å². The molecule has 0 heterocycles. The molecular weight excluding hydrogens is 206 g/mol. The van der Waals surface area contributed by atoms with Gasteiger partial charge in [0.25, 0.3) is 0 Å². The Kier molecular flexibility index (Phi) is 3.58. The van der Waals surface area contributed by atoms with Crippen molar-refractivity contribution in [2.45, 2.75) is 45.4 Å². The Morgan fingerprint density at radius 1 is 1.29 bits per heavy atom. The van der Waals surface area contributed by atoms with Crippen LogP contribution in [0.15, 0.2) is 24.3 Å². The molecule has 0 saturated heterocycles. The summed E-state index contributed by atoms with van der Waals surface area (Å²) in [4.78, 5) is 0. The van der Waals surface area contributed by atoms with Crippen molar-refractivity contribution in [3.63, 3.8) is 0 Å². The molecule has 1 aromatic rings. The Labute approximate surface area is 106 Å². The van der Waals surface area contributed by atoms with E-state index >= 15 is 0 Å². The monoisotopic (exact) mass is 231 g/mol. The first kappa shape index (κ1) is 12.6. The summed E-state index contributed by atoms with van der Waals surface area (Å²) in [7, 11) is 0. The molecule has 1 N–H and O–H groups in total. The second-order valence-electron chi connectivity index (χ2n) is 5.90. The fraction of sp³-hybridized carbons (Fsp3) is 0.625. The van der Waals surface area contributed by atoms with Crippen molar-refractivity contribution < 1.29 is 0 Å². The number of hydrogen-bond acceptors (Lipinski definition) is 1. The quantitative estimate of drug-likeness (QED) is 0.815. The summed E-state index contributed by atoms with van der Waals surface area (Å²) in [5, 5.41) is 3.46. The van der Waals surface area contributed by atoms with Crippen LogP contribution in [0.4, 0.5) is 0 Å². The van der Waals surface area contributed by atoms with Crippen LogP contribution in [0.5, 0.6) is 0 Å². The molecule has 2 unspecified atom stereocenters. The molecule has 1 saturated carbocycles. The van der Waals surface area contributed by atoms with E-state index in [9.17, 15) is 0 Å². The van der Waals surface area contributed by atoms with Gasteiger partial charge in [-0.2, -0.15) is 0 Å². The van der Waals surface area contributed by atoms with Crippen molar-refractivity contribution in [3.05, 3.63) is 35.4 Å². The summed E-state index contributed by atoms with van der Waals surface area (Å²) in [6.07, 6.45) is 1.33. The van der Waals surface area contributed by atoms with Gasteiger partial charge in [-0.25, -0.2) is 0 Å². The van der Waals surface area contributed by atoms with E-state index in [-0.39, 0.29) is 0 Å². The third kappa shape index (κ3) is 2.55. The van der Waals surface area contributed by atoms with Gasteiger partial charge in [-0.05, 0) is 47.9 Å². The minimum atomic E-state index is 0.428. The maximum Gasteiger partial charge on any atom is -0.00119 e. The van der Waals surface area contributed by atoms with Gasteiger partial charge in [-0.15, -0.1) is 0 Å². The van der Waals surface area contributed by atoms with Crippen molar-refractivity contribution in [3.8, 4) is 0 Å². The number of rotatable bonds is 5. The minimum absolute atomic E-state index is 0.428. The van der Waals surface area contributed by atoms with Gasteiger partial charge in [0.05, 0.1) is 0 Å². The van der Waals surface area contributed by atoms with Gasteiger partial charge in [0, 0.05) is 0 Å². The van der Waals surface area contributed by atoms with Gasteiger partial charge in [-0.1, -0.05) is 52.0 Å². The summed E-state index contributed by atoms with van der Waals surface area (Å²) < 4.78 is 0. The predicted octanol–water partition coefficient (Wildman–Crippen LogP) is 3.70. The number of nitrogens with one attached hydrogen (secondary N) is 1. The van der Waals surface area contributed by atoms with Crippen molar-refractivity contribution >= 4 is 0 Å². The fourth-order valence-electron chi connectivity index (χ4n) is 2.67. The van der Waals surface area contributed by atoms with Crippen LogP contribution in [-0.4, -0.2) is 13.1 Å². The van der Waals surface area contributed by atoms with Crippen LogP contribution < -0.4 is 5.32 Å². The third-order valence-electron chi connectivity index (χ3n) is 4.29. The van der Waals surface area contributed by atoms with E-state index in [2.05, 4.69) is 57.3 Å². The molecule has 2 rings (SSSR count). The van der Waals surface area contributed by atoms with E-state index in [0.29, 0.717) is 11.3 Å². The molecule has 1 aromatic carbocycles. The van der Waals surface area contributed by atoms with E-state index in [1.54, 1.807) is 0 Å². The zero-order valence-corrected chi connectivity index (χ0v) is 11.6. The standard InChI is InChI=1S/C16H25N/c1-5-17-11-15-10-16(15,4)14-8-6-13(7-9-14)12(2)3/h6-9,12,15,17H,5,10-11H2,1-4H3. The van der Waals surface area contributed by atoms with E-state index < -0.39 is 0 Å². The second-order valence-corrected chi connectivity index (χ2v) is 5.90. The fourth-order valence-corrected chi connectivity index (χ4v) is 2.67. The predicted molar refractivity (Wildman–Crippen MR) is 74.5 cm³/mol. The van der Waals surface area contributed by atoms with E-state index in [1.165, 1.54) is 24.1 Å². The summed E-state index contributed by atoms with van der Waals surface area (Å²) in [5.41, 5.74) is 3.39. The Hall–Kier alpha value is -0.820. The molecule has 0 aromatic heterocycles. The first-order valence-electron chi connectivity index (χ1n) is 6.89. The largest absolute Gasteiger partial charge is 0.317 e. The lowest BCUT2D eigenvalue weighted by molar-refractivity contribution is 0.591. The Morgan fingerprint density at radius 3 is 2.47 bits per heavy atom. The highest BCUT2D eigenvalue weighted by Crippen LogP contribution is 2.53. The maximum absolute atomic E-state index is 3.46. The maximum atomic E-state index is 3.46. The molecule has 0 aliphatic heterocycles. The van der Waals surface area contributed by atoms with Gasteiger partial charge in [-0.3, -0.25) is 0 Å². The molecular formula is C16H25N. The zero-order valence-electron chi connectivity index (χ0n) is 11.6. The highest BCUT2D eigenvalue weighted by atomic mass is 14.9. The van der Waals surface area contributed by atoms with Crippen LogP contribution in [0.25, 0.3) is 0 Å². The summed E-state index contributed by atoms with van der Waals surface area (Å²) in [5.74, 6) is 1.46. The van der Waals surface area contributed by atoms with Gasteiger partial charge >= 0.3 is 0 Å². The summed E-state index contributed by atoms with van der Waals surface area (Å²) in [6.45, 7) is 11.3.